The Labute approximate surface area is 138 Å². The molecular formula is C19H26N2O2. The highest BCUT2D eigenvalue weighted by Crippen LogP contribution is 2.46. The van der Waals surface area contributed by atoms with Gasteiger partial charge in [0.2, 0.25) is 11.8 Å². The lowest BCUT2D eigenvalue weighted by molar-refractivity contribution is -0.124. The molecule has 3 rings (SSSR count). The molecule has 0 saturated heterocycles. The van der Waals surface area contributed by atoms with Crippen LogP contribution in [-0.2, 0) is 9.59 Å². The van der Waals surface area contributed by atoms with Gasteiger partial charge in [0.1, 0.15) is 0 Å². The number of benzene rings is 1. The lowest BCUT2D eigenvalue weighted by Gasteiger charge is -2.19. The van der Waals surface area contributed by atoms with E-state index in [1.807, 2.05) is 18.2 Å². The molecule has 2 aliphatic carbocycles. The molecule has 2 saturated carbocycles. The van der Waals surface area contributed by atoms with Crippen LogP contribution in [0.2, 0.25) is 0 Å². The van der Waals surface area contributed by atoms with Crippen LogP contribution in [0.15, 0.2) is 30.3 Å². The van der Waals surface area contributed by atoms with Gasteiger partial charge in [-0.2, -0.15) is 0 Å². The van der Waals surface area contributed by atoms with Gasteiger partial charge >= 0.3 is 0 Å². The summed E-state index contributed by atoms with van der Waals surface area (Å²) in [6.07, 6.45) is 4.38. The van der Waals surface area contributed by atoms with E-state index in [0.29, 0.717) is 31.2 Å². The molecule has 1 aromatic carbocycles. The fourth-order valence-electron chi connectivity index (χ4n) is 3.11. The highest BCUT2D eigenvalue weighted by atomic mass is 16.2. The van der Waals surface area contributed by atoms with Crippen molar-refractivity contribution in [3.63, 3.8) is 0 Å². The first-order valence-electron chi connectivity index (χ1n) is 8.77. The summed E-state index contributed by atoms with van der Waals surface area (Å²) in [5, 5.41) is 6.11. The van der Waals surface area contributed by atoms with Crippen molar-refractivity contribution >= 4 is 11.8 Å². The zero-order valence-electron chi connectivity index (χ0n) is 13.8. The van der Waals surface area contributed by atoms with Gasteiger partial charge in [0, 0.05) is 18.9 Å². The Hall–Kier alpha value is -1.84. The Kier molecular flexibility index (Phi) is 4.99. The molecule has 3 atom stereocenters. The molecule has 0 radical (unpaired) electrons. The molecule has 0 unspecified atom stereocenters. The van der Waals surface area contributed by atoms with Crippen LogP contribution in [0.5, 0.6) is 0 Å². The van der Waals surface area contributed by atoms with Crippen molar-refractivity contribution in [2.75, 3.05) is 6.54 Å². The molecule has 4 nitrogen and oxygen atoms in total. The van der Waals surface area contributed by atoms with Gasteiger partial charge in [-0.25, -0.2) is 0 Å². The summed E-state index contributed by atoms with van der Waals surface area (Å²) < 4.78 is 0. The first-order chi connectivity index (χ1) is 11.1. The van der Waals surface area contributed by atoms with Crippen LogP contribution in [0.3, 0.4) is 0 Å². The van der Waals surface area contributed by atoms with Gasteiger partial charge in [0.15, 0.2) is 0 Å². The van der Waals surface area contributed by atoms with Crippen molar-refractivity contribution < 1.29 is 9.59 Å². The Morgan fingerprint density at radius 1 is 1.22 bits per heavy atom. The minimum absolute atomic E-state index is 0.0821. The van der Waals surface area contributed by atoms with Gasteiger partial charge in [-0.15, -0.1) is 0 Å². The van der Waals surface area contributed by atoms with Crippen LogP contribution in [0.4, 0.5) is 0 Å². The normalized spacial score (nSPS) is 23.9. The van der Waals surface area contributed by atoms with Crippen molar-refractivity contribution in [2.24, 2.45) is 17.8 Å². The van der Waals surface area contributed by atoms with Crippen LogP contribution in [-0.4, -0.2) is 18.4 Å². The average molecular weight is 314 g/mol. The molecular weight excluding hydrogens is 288 g/mol. The summed E-state index contributed by atoms with van der Waals surface area (Å²) in [5.41, 5.74) is 1.19. The molecule has 2 amide bonds. The molecule has 0 bridgehead atoms. The molecule has 2 N–H and O–H groups in total. The van der Waals surface area contributed by atoms with E-state index in [0.717, 1.165) is 12.8 Å². The van der Waals surface area contributed by atoms with Crippen LogP contribution >= 0.6 is 0 Å². The molecule has 0 heterocycles. The zero-order valence-corrected chi connectivity index (χ0v) is 13.8. The molecule has 0 spiro atoms. The average Bonchev–Trinajstić information content (AvgIpc) is 3.46. The molecule has 0 aliphatic heterocycles. The third kappa shape index (κ3) is 4.57. The van der Waals surface area contributed by atoms with E-state index in [-0.39, 0.29) is 23.8 Å². The van der Waals surface area contributed by atoms with Crippen molar-refractivity contribution in [2.45, 2.75) is 45.1 Å². The third-order valence-corrected chi connectivity index (χ3v) is 4.90. The first-order valence-corrected chi connectivity index (χ1v) is 8.77. The zero-order chi connectivity index (χ0) is 16.2. The largest absolute Gasteiger partial charge is 0.356 e. The minimum atomic E-state index is 0.0821. The van der Waals surface area contributed by atoms with Gasteiger partial charge in [0.05, 0.1) is 6.04 Å². The second-order valence-corrected chi connectivity index (χ2v) is 7.00. The fourth-order valence-corrected chi connectivity index (χ4v) is 3.11. The van der Waals surface area contributed by atoms with Gasteiger partial charge in [-0.1, -0.05) is 37.3 Å². The molecule has 1 aromatic rings. The summed E-state index contributed by atoms with van der Waals surface area (Å²) in [6.45, 7) is 2.83. The van der Waals surface area contributed by atoms with Crippen LogP contribution in [0.1, 0.15) is 50.6 Å². The monoisotopic (exact) mass is 314 g/mol. The summed E-state index contributed by atoms with van der Waals surface area (Å²) >= 11 is 0. The number of nitrogens with one attached hydrogen (secondary N) is 2. The molecule has 23 heavy (non-hydrogen) atoms. The van der Waals surface area contributed by atoms with Gasteiger partial charge in [0.25, 0.3) is 0 Å². The molecule has 4 heteroatoms. The predicted molar refractivity (Wildman–Crippen MR) is 89.6 cm³/mol. The first kappa shape index (κ1) is 16.0. The van der Waals surface area contributed by atoms with Crippen LogP contribution in [0.25, 0.3) is 0 Å². The second kappa shape index (κ2) is 7.16. The quantitative estimate of drug-likeness (QED) is 0.725. The number of amides is 2. The second-order valence-electron chi connectivity index (χ2n) is 7.00. The van der Waals surface area contributed by atoms with Crippen molar-refractivity contribution in [1.82, 2.24) is 10.6 Å². The highest BCUT2D eigenvalue weighted by molar-refractivity contribution is 5.81. The van der Waals surface area contributed by atoms with E-state index in [4.69, 9.17) is 0 Å². The smallest absolute Gasteiger partial charge is 0.223 e. The van der Waals surface area contributed by atoms with Gasteiger partial charge in [-0.05, 0) is 43.1 Å². The highest BCUT2D eigenvalue weighted by Gasteiger charge is 2.40. The molecule has 2 aliphatic rings. The van der Waals surface area contributed by atoms with E-state index in [9.17, 15) is 9.59 Å². The maximum atomic E-state index is 12.2. The van der Waals surface area contributed by atoms with Crippen molar-refractivity contribution in [1.29, 1.82) is 0 Å². The van der Waals surface area contributed by atoms with Crippen LogP contribution < -0.4 is 10.6 Å². The van der Waals surface area contributed by atoms with Crippen LogP contribution in [0, 0.1) is 17.8 Å². The van der Waals surface area contributed by atoms with Gasteiger partial charge < -0.3 is 10.6 Å². The topological polar surface area (TPSA) is 58.2 Å². The molecule has 2 fully saturated rings. The van der Waals surface area contributed by atoms with E-state index >= 15 is 0 Å². The summed E-state index contributed by atoms with van der Waals surface area (Å²) in [7, 11) is 0. The lowest BCUT2D eigenvalue weighted by Crippen LogP contribution is -2.31. The van der Waals surface area contributed by atoms with E-state index in [1.165, 1.54) is 12.0 Å². The molecule has 124 valence electrons. The summed E-state index contributed by atoms with van der Waals surface area (Å²) in [4.78, 5) is 23.8. The molecule has 0 aromatic heterocycles. The Bertz CT molecular complexity index is 554. The maximum Gasteiger partial charge on any atom is 0.223 e. The van der Waals surface area contributed by atoms with Crippen molar-refractivity contribution in [3.8, 4) is 0 Å². The SMILES string of the molecule is C[C@@H]1C[C@@H]1[C@@H](NC(=O)CCCNC(=O)C1CC1)c1ccccc1. The van der Waals surface area contributed by atoms with Gasteiger partial charge in [-0.3, -0.25) is 9.59 Å². The Balaban J connectivity index is 1.43. The van der Waals surface area contributed by atoms with E-state index in [2.05, 4.69) is 29.7 Å². The summed E-state index contributed by atoms with van der Waals surface area (Å²) in [5.74, 6) is 1.70. The lowest BCUT2D eigenvalue weighted by atomic mass is 10.0. The third-order valence-electron chi connectivity index (χ3n) is 4.90. The Morgan fingerprint density at radius 2 is 1.91 bits per heavy atom. The number of hydrogen-bond donors (Lipinski definition) is 2. The maximum absolute atomic E-state index is 12.2. The van der Waals surface area contributed by atoms with E-state index < -0.39 is 0 Å². The predicted octanol–water partition coefficient (Wildman–Crippen LogP) is 2.81. The standard InChI is InChI=1S/C19H26N2O2/c1-13-12-16(13)18(14-6-3-2-4-7-14)21-17(22)8-5-11-20-19(23)15-9-10-15/h2-4,6-7,13,15-16,18H,5,8-12H2,1H3,(H,20,23)(H,21,22)/t13-,16+,18+/m1/s1. The summed E-state index contributed by atoms with van der Waals surface area (Å²) in [6, 6.07) is 10.3. The number of hydrogen-bond acceptors (Lipinski definition) is 2. The van der Waals surface area contributed by atoms with Crippen molar-refractivity contribution in [3.05, 3.63) is 35.9 Å². The number of carbonyl (C=O) groups is 2. The number of rotatable bonds is 8. The minimum Gasteiger partial charge on any atom is -0.356 e. The fraction of sp³-hybridized carbons (Fsp3) is 0.579. The number of carbonyl (C=O) groups excluding carboxylic acids is 2. The van der Waals surface area contributed by atoms with E-state index in [1.54, 1.807) is 0 Å². The Morgan fingerprint density at radius 3 is 2.52 bits per heavy atom.